The molecule has 6 nitrogen and oxygen atoms in total. The number of carbonyl (C=O) groups is 1. The molecule has 3 rings (SSSR count). The summed E-state index contributed by atoms with van der Waals surface area (Å²) in [5.74, 6) is 0.528. The number of carbonyl (C=O) groups excluding carboxylic acids is 1. The van der Waals surface area contributed by atoms with E-state index >= 15 is 0 Å². The lowest BCUT2D eigenvalue weighted by atomic mass is 9.99. The van der Waals surface area contributed by atoms with Gasteiger partial charge in [-0.2, -0.15) is 4.31 Å². The number of piperazine rings is 1. The molecule has 0 spiro atoms. The van der Waals surface area contributed by atoms with Gasteiger partial charge in [-0.1, -0.05) is 19.9 Å². The van der Waals surface area contributed by atoms with Crippen molar-refractivity contribution in [3.63, 3.8) is 0 Å². The maximum absolute atomic E-state index is 12.9. The normalized spacial score (nSPS) is 19.6. The van der Waals surface area contributed by atoms with Gasteiger partial charge >= 0.3 is 0 Å². The van der Waals surface area contributed by atoms with E-state index in [2.05, 4.69) is 4.90 Å². The van der Waals surface area contributed by atoms with E-state index in [0.717, 1.165) is 24.2 Å². The Balaban J connectivity index is 1.75. The summed E-state index contributed by atoms with van der Waals surface area (Å²) in [5, 5.41) is 0. The molecule has 26 heavy (non-hydrogen) atoms. The summed E-state index contributed by atoms with van der Waals surface area (Å²) < 4.78 is 27.4. The van der Waals surface area contributed by atoms with Crippen LogP contribution in [-0.2, 0) is 27.8 Å². The highest BCUT2D eigenvalue weighted by Gasteiger charge is 2.29. The molecule has 0 unspecified atom stereocenters. The molecule has 2 aliphatic rings. The number of hydrogen-bond donors (Lipinski definition) is 0. The summed E-state index contributed by atoms with van der Waals surface area (Å²) in [5.41, 5.74) is 2.11. The first-order valence-electron chi connectivity index (χ1n) is 9.35. The Bertz CT molecular complexity index is 768. The van der Waals surface area contributed by atoms with Crippen molar-refractivity contribution in [2.75, 3.05) is 39.8 Å². The average Bonchev–Trinajstić information content (AvgIpc) is 2.60. The van der Waals surface area contributed by atoms with Crippen molar-refractivity contribution in [2.45, 2.75) is 38.1 Å². The summed E-state index contributed by atoms with van der Waals surface area (Å²) in [4.78, 5) is 16.7. The molecule has 0 atom stereocenters. The maximum Gasteiger partial charge on any atom is 0.243 e. The van der Waals surface area contributed by atoms with E-state index in [1.807, 2.05) is 37.9 Å². The Kier molecular flexibility index (Phi) is 5.69. The molecule has 0 radical (unpaired) electrons. The van der Waals surface area contributed by atoms with Crippen LogP contribution in [0.3, 0.4) is 0 Å². The van der Waals surface area contributed by atoms with Crippen molar-refractivity contribution in [2.24, 2.45) is 5.92 Å². The van der Waals surface area contributed by atoms with Crippen molar-refractivity contribution >= 4 is 15.9 Å². The first-order chi connectivity index (χ1) is 12.3. The summed E-state index contributed by atoms with van der Waals surface area (Å²) in [6, 6.07) is 5.39. The van der Waals surface area contributed by atoms with Crippen LogP contribution in [0, 0.1) is 5.92 Å². The number of rotatable bonds is 4. The average molecular weight is 380 g/mol. The van der Waals surface area contributed by atoms with Gasteiger partial charge in [0.2, 0.25) is 15.9 Å². The number of sulfonamides is 1. The number of nitrogens with zero attached hydrogens (tertiary/aromatic N) is 3. The van der Waals surface area contributed by atoms with Gasteiger partial charge in [0.1, 0.15) is 0 Å². The molecule has 1 fully saturated rings. The Labute approximate surface area is 156 Å². The Hall–Kier alpha value is -1.44. The minimum absolute atomic E-state index is 0.180. The van der Waals surface area contributed by atoms with Crippen molar-refractivity contribution < 1.29 is 13.2 Å². The number of fused-ring (bicyclic) bond motifs is 1. The molecule has 0 bridgehead atoms. The van der Waals surface area contributed by atoms with Crippen LogP contribution in [0.25, 0.3) is 0 Å². The van der Waals surface area contributed by atoms with Crippen molar-refractivity contribution in [3.8, 4) is 0 Å². The van der Waals surface area contributed by atoms with Crippen LogP contribution in [-0.4, -0.2) is 68.2 Å². The molecule has 2 aliphatic heterocycles. The molecule has 0 aliphatic carbocycles. The number of amides is 1. The van der Waals surface area contributed by atoms with E-state index in [0.29, 0.717) is 49.8 Å². The van der Waals surface area contributed by atoms with Crippen LogP contribution in [0.5, 0.6) is 0 Å². The summed E-state index contributed by atoms with van der Waals surface area (Å²) in [6.07, 6.45) is 1.27. The highest BCUT2D eigenvalue weighted by atomic mass is 32.2. The maximum atomic E-state index is 12.9. The third-order valence-corrected chi connectivity index (χ3v) is 7.12. The molecule has 7 heteroatoms. The highest BCUT2D eigenvalue weighted by Crippen LogP contribution is 2.25. The zero-order chi connectivity index (χ0) is 18.9. The van der Waals surface area contributed by atoms with Crippen molar-refractivity contribution in [3.05, 3.63) is 29.3 Å². The molecule has 0 saturated carbocycles. The van der Waals surface area contributed by atoms with Crippen LogP contribution >= 0.6 is 0 Å². The monoisotopic (exact) mass is 379 g/mol. The first kappa shape index (κ1) is 19.3. The number of hydrogen-bond acceptors (Lipinski definition) is 4. The molecule has 1 aromatic carbocycles. The molecule has 144 valence electrons. The third kappa shape index (κ3) is 4.10. The third-order valence-electron chi connectivity index (χ3n) is 5.23. The Morgan fingerprint density at radius 2 is 1.77 bits per heavy atom. The Morgan fingerprint density at radius 3 is 2.42 bits per heavy atom. The predicted octanol–water partition coefficient (Wildman–Crippen LogP) is 1.55. The second-order valence-electron chi connectivity index (χ2n) is 7.80. The molecule has 1 saturated heterocycles. The van der Waals surface area contributed by atoms with Gasteiger partial charge in [-0.25, -0.2) is 8.42 Å². The predicted molar refractivity (Wildman–Crippen MR) is 101 cm³/mol. The highest BCUT2D eigenvalue weighted by molar-refractivity contribution is 7.89. The molecule has 0 N–H and O–H groups in total. The second kappa shape index (κ2) is 7.66. The van der Waals surface area contributed by atoms with Gasteiger partial charge in [-0.3, -0.25) is 4.79 Å². The van der Waals surface area contributed by atoms with Crippen molar-refractivity contribution in [1.29, 1.82) is 0 Å². The van der Waals surface area contributed by atoms with Gasteiger partial charge in [0.05, 0.1) is 4.90 Å². The summed E-state index contributed by atoms with van der Waals surface area (Å²) >= 11 is 0. The van der Waals surface area contributed by atoms with E-state index in [4.69, 9.17) is 0 Å². The van der Waals surface area contributed by atoms with Gasteiger partial charge in [0.25, 0.3) is 0 Å². The van der Waals surface area contributed by atoms with E-state index in [1.54, 1.807) is 10.4 Å². The molecule has 1 aromatic rings. The fraction of sp³-hybridized carbons (Fsp3) is 0.632. The lowest BCUT2D eigenvalue weighted by Gasteiger charge is -2.32. The summed E-state index contributed by atoms with van der Waals surface area (Å²) in [6.45, 7) is 7.93. The topological polar surface area (TPSA) is 60.9 Å². The fourth-order valence-corrected chi connectivity index (χ4v) is 5.03. The molecule has 0 aromatic heterocycles. The zero-order valence-electron chi connectivity index (χ0n) is 15.9. The molecule has 1 amide bonds. The van der Waals surface area contributed by atoms with Gasteiger partial charge in [-0.15, -0.1) is 0 Å². The second-order valence-corrected chi connectivity index (χ2v) is 9.74. The van der Waals surface area contributed by atoms with Gasteiger partial charge in [0, 0.05) is 45.7 Å². The number of likely N-dealkylation sites (N-methyl/N-ethyl adjacent to an activating group) is 1. The van der Waals surface area contributed by atoms with Crippen LogP contribution in [0.2, 0.25) is 0 Å². The van der Waals surface area contributed by atoms with Crippen LogP contribution < -0.4 is 0 Å². The Morgan fingerprint density at radius 1 is 1.08 bits per heavy atom. The van der Waals surface area contributed by atoms with Crippen LogP contribution in [0.15, 0.2) is 23.1 Å². The lowest BCUT2D eigenvalue weighted by molar-refractivity contribution is -0.132. The van der Waals surface area contributed by atoms with Crippen LogP contribution in [0.4, 0.5) is 0 Å². The van der Waals surface area contributed by atoms with E-state index in [9.17, 15) is 13.2 Å². The first-order valence-corrected chi connectivity index (χ1v) is 10.8. The number of benzene rings is 1. The minimum Gasteiger partial charge on any atom is -0.338 e. The van der Waals surface area contributed by atoms with E-state index < -0.39 is 10.0 Å². The molecular formula is C19H29N3O3S. The zero-order valence-corrected chi connectivity index (χ0v) is 16.8. The minimum atomic E-state index is -3.44. The lowest BCUT2D eigenvalue weighted by Crippen LogP contribution is -2.47. The van der Waals surface area contributed by atoms with Gasteiger partial charge < -0.3 is 9.80 Å². The van der Waals surface area contributed by atoms with E-state index in [1.165, 1.54) is 0 Å². The largest absolute Gasteiger partial charge is 0.338 e. The molecule has 2 heterocycles. The van der Waals surface area contributed by atoms with Crippen LogP contribution in [0.1, 0.15) is 31.4 Å². The van der Waals surface area contributed by atoms with E-state index in [-0.39, 0.29) is 5.91 Å². The van der Waals surface area contributed by atoms with Gasteiger partial charge in [0.15, 0.2) is 0 Å². The SMILES string of the molecule is CC(C)CC(=O)N1CCc2cc(S(=O)(=O)N3CCN(C)CC3)ccc2C1. The quantitative estimate of drug-likeness (QED) is 0.796. The standard InChI is InChI=1S/C19H29N3O3S/c1-15(2)12-19(23)21-7-6-16-13-18(5-4-17(16)14-21)26(24,25)22-10-8-20(3)9-11-22/h4-5,13,15H,6-12,14H2,1-3H3. The summed E-state index contributed by atoms with van der Waals surface area (Å²) in [7, 11) is -1.43. The van der Waals surface area contributed by atoms with Gasteiger partial charge in [-0.05, 0) is 42.6 Å². The smallest absolute Gasteiger partial charge is 0.243 e. The molecular weight excluding hydrogens is 350 g/mol. The van der Waals surface area contributed by atoms with Crippen molar-refractivity contribution in [1.82, 2.24) is 14.1 Å². The fourth-order valence-electron chi connectivity index (χ4n) is 3.56.